The average Bonchev–Trinajstić information content (AvgIpc) is 2.40. The number of halogens is 4. The molecule has 0 spiro atoms. The van der Waals surface area contributed by atoms with Gasteiger partial charge in [0.25, 0.3) is 0 Å². The van der Waals surface area contributed by atoms with Gasteiger partial charge in [-0.3, -0.25) is 0 Å². The summed E-state index contributed by atoms with van der Waals surface area (Å²) < 4.78 is 40.0. The summed E-state index contributed by atoms with van der Waals surface area (Å²) >= 11 is 6.10. The van der Waals surface area contributed by atoms with E-state index in [0.29, 0.717) is 10.6 Å². The number of rotatable bonds is 2. The van der Waals surface area contributed by atoms with Gasteiger partial charge in [-0.05, 0) is 42.7 Å². The highest BCUT2D eigenvalue weighted by atomic mass is 35.5. The molecule has 2 N–H and O–H groups in total. The highest BCUT2D eigenvalue weighted by molar-refractivity contribution is 6.31. The standard InChI is InChI=1S/C15H13ClF3N/c1-7-5-10(11(16)6-8(7)2)15(20)9-3-4-12(17)14(19)13(9)18/h3-6,15H,20H2,1-2H3. The molecule has 0 aliphatic heterocycles. The predicted octanol–water partition coefficient (Wildman–Crippen LogP) is 4.42. The number of hydrogen-bond donors (Lipinski definition) is 1. The summed E-state index contributed by atoms with van der Waals surface area (Å²) in [7, 11) is 0. The minimum absolute atomic E-state index is 0.131. The predicted molar refractivity (Wildman–Crippen MR) is 73.3 cm³/mol. The first-order valence-electron chi connectivity index (χ1n) is 5.98. The minimum Gasteiger partial charge on any atom is -0.320 e. The number of benzene rings is 2. The molecule has 0 saturated heterocycles. The fraction of sp³-hybridized carbons (Fsp3) is 0.200. The molecule has 20 heavy (non-hydrogen) atoms. The summed E-state index contributed by atoms with van der Waals surface area (Å²) in [5.74, 6) is -4.06. The Morgan fingerprint density at radius 1 is 0.950 bits per heavy atom. The summed E-state index contributed by atoms with van der Waals surface area (Å²) in [4.78, 5) is 0. The van der Waals surface area contributed by atoms with Gasteiger partial charge >= 0.3 is 0 Å². The van der Waals surface area contributed by atoms with Crippen molar-refractivity contribution >= 4 is 11.6 Å². The van der Waals surface area contributed by atoms with E-state index in [4.69, 9.17) is 17.3 Å². The Labute approximate surface area is 120 Å². The molecule has 1 unspecified atom stereocenters. The Morgan fingerprint density at radius 3 is 2.20 bits per heavy atom. The van der Waals surface area contributed by atoms with Crippen molar-refractivity contribution in [3.8, 4) is 0 Å². The van der Waals surface area contributed by atoms with Crippen LogP contribution in [0.4, 0.5) is 13.2 Å². The molecule has 1 atom stereocenters. The van der Waals surface area contributed by atoms with E-state index in [1.165, 1.54) is 0 Å². The average molecular weight is 300 g/mol. The Kier molecular flexibility index (Phi) is 4.06. The zero-order valence-electron chi connectivity index (χ0n) is 11.0. The fourth-order valence-corrected chi connectivity index (χ4v) is 2.33. The molecule has 2 rings (SSSR count). The van der Waals surface area contributed by atoms with Crippen molar-refractivity contribution in [2.24, 2.45) is 5.73 Å². The smallest absolute Gasteiger partial charge is 0.194 e. The van der Waals surface area contributed by atoms with Gasteiger partial charge in [0.2, 0.25) is 0 Å². The SMILES string of the molecule is Cc1cc(Cl)c(C(N)c2ccc(F)c(F)c2F)cc1C. The van der Waals surface area contributed by atoms with Crippen LogP contribution < -0.4 is 5.73 Å². The van der Waals surface area contributed by atoms with Gasteiger partial charge in [0, 0.05) is 10.6 Å². The minimum atomic E-state index is -1.53. The van der Waals surface area contributed by atoms with Crippen LogP contribution in [0, 0.1) is 31.3 Å². The van der Waals surface area contributed by atoms with E-state index in [2.05, 4.69) is 0 Å². The molecule has 0 radical (unpaired) electrons. The van der Waals surface area contributed by atoms with E-state index >= 15 is 0 Å². The van der Waals surface area contributed by atoms with E-state index in [1.54, 1.807) is 12.1 Å². The lowest BCUT2D eigenvalue weighted by molar-refractivity contribution is 0.438. The fourth-order valence-electron chi connectivity index (χ4n) is 1.99. The van der Waals surface area contributed by atoms with Gasteiger partial charge in [0.15, 0.2) is 17.5 Å². The maximum absolute atomic E-state index is 13.8. The van der Waals surface area contributed by atoms with Gasteiger partial charge in [0.05, 0.1) is 6.04 Å². The second-order valence-corrected chi connectivity index (χ2v) is 5.11. The number of hydrogen-bond acceptors (Lipinski definition) is 1. The molecule has 0 saturated carbocycles. The van der Waals surface area contributed by atoms with Crippen molar-refractivity contribution < 1.29 is 13.2 Å². The first kappa shape index (κ1) is 14.9. The highest BCUT2D eigenvalue weighted by Gasteiger charge is 2.21. The molecule has 0 fully saturated rings. The topological polar surface area (TPSA) is 26.0 Å². The maximum atomic E-state index is 13.8. The molecule has 2 aromatic rings. The molecule has 2 aromatic carbocycles. The normalized spacial score (nSPS) is 12.6. The monoisotopic (exact) mass is 299 g/mol. The lowest BCUT2D eigenvalue weighted by atomic mass is 9.95. The van der Waals surface area contributed by atoms with Gasteiger partial charge in [-0.25, -0.2) is 13.2 Å². The van der Waals surface area contributed by atoms with Gasteiger partial charge in [-0.15, -0.1) is 0 Å². The van der Waals surface area contributed by atoms with Gasteiger partial charge in [-0.2, -0.15) is 0 Å². The quantitative estimate of drug-likeness (QED) is 0.816. The Hall–Kier alpha value is -1.52. The molecule has 0 aliphatic carbocycles. The first-order valence-corrected chi connectivity index (χ1v) is 6.36. The zero-order chi connectivity index (χ0) is 15.0. The Bertz CT molecular complexity index is 669. The van der Waals surface area contributed by atoms with Gasteiger partial charge in [0.1, 0.15) is 0 Å². The third kappa shape index (κ3) is 2.53. The van der Waals surface area contributed by atoms with Crippen LogP contribution in [0.3, 0.4) is 0 Å². The van der Waals surface area contributed by atoms with Gasteiger partial charge in [-0.1, -0.05) is 23.7 Å². The lowest BCUT2D eigenvalue weighted by Gasteiger charge is -2.17. The van der Waals surface area contributed by atoms with Crippen molar-refractivity contribution in [3.63, 3.8) is 0 Å². The molecule has 0 bridgehead atoms. The molecule has 0 aliphatic rings. The molecule has 0 heterocycles. The summed E-state index contributed by atoms with van der Waals surface area (Å²) in [6.07, 6.45) is 0. The van der Waals surface area contributed by atoms with Crippen LogP contribution >= 0.6 is 11.6 Å². The van der Waals surface area contributed by atoms with E-state index in [9.17, 15) is 13.2 Å². The summed E-state index contributed by atoms with van der Waals surface area (Å²) in [6, 6.07) is 4.45. The Balaban J connectivity index is 2.55. The molecular formula is C15H13ClF3N. The number of nitrogens with two attached hydrogens (primary N) is 1. The van der Waals surface area contributed by atoms with Gasteiger partial charge < -0.3 is 5.73 Å². The van der Waals surface area contributed by atoms with Crippen molar-refractivity contribution in [1.29, 1.82) is 0 Å². The Morgan fingerprint density at radius 2 is 1.55 bits per heavy atom. The van der Waals surface area contributed by atoms with Crippen LogP contribution in [0.5, 0.6) is 0 Å². The summed E-state index contributed by atoms with van der Waals surface area (Å²) in [6.45, 7) is 3.75. The van der Waals surface area contributed by atoms with Crippen molar-refractivity contribution in [2.45, 2.75) is 19.9 Å². The zero-order valence-corrected chi connectivity index (χ0v) is 11.7. The largest absolute Gasteiger partial charge is 0.320 e. The van der Waals surface area contributed by atoms with Crippen LogP contribution in [0.1, 0.15) is 28.3 Å². The highest BCUT2D eigenvalue weighted by Crippen LogP contribution is 2.31. The van der Waals surface area contributed by atoms with E-state index < -0.39 is 23.5 Å². The lowest BCUT2D eigenvalue weighted by Crippen LogP contribution is -2.16. The molecule has 1 nitrogen and oxygen atoms in total. The maximum Gasteiger partial charge on any atom is 0.194 e. The van der Waals surface area contributed by atoms with E-state index in [-0.39, 0.29) is 5.56 Å². The second kappa shape index (κ2) is 5.46. The third-order valence-corrected chi connectivity index (χ3v) is 3.68. The summed E-state index contributed by atoms with van der Waals surface area (Å²) in [5, 5.41) is 0.365. The molecule has 5 heteroatoms. The third-order valence-electron chi connectivity index (χ3n) is 3.35. The second-order valence-electron chi connectivity index (χ2n) is 4.70. The van der Waals surface area contributed by atoms with Crippen LogP contribution in [-0.4, -0.2) is 0 Å². The molecule has 0 amide bonds. The van der Waals surface area contributed by atoms with Crippen LogP contribution in [0.25, 0.3) is 0 Å². The van der Waals surface area contributed by atoms with Crippen LogP contribution in [0.2, 0.25) is 5.02 Å². The van der Waals surface area contributed by atoms with E-state index in [1.807, 2.05) is 13.8 Å². The van der Waals surface area contributed by atoms with Crippen molar-refractivity contribution in [1.82, 2.24) is 0 Å². The number of aryl methyl sites for hydroxylation is 2. The molecule has 0 aromatic heterocycles. The summed E-state index contributed by atoms with van der Waals surface area (Å²) in [5.41, 5.74) is 8.19. The van der Waals surface area contributed by atoms with Crippen molar-refractivity contribution in [2.75, 3.05) is 0 Å². The van der Waals surface area contributed by atoms with Crippen LogP contribution in [0.15, 0.2) is 24.3 Å². The van der Waals surface area contributed by atoms with Crippen LogP contribution in [-0.2, 0) is 0 Å². The molecular weight excluding hydrogens is 287 g/mol. The van der Waals surface area contributed by atoms with E-state index in [0.717, 1.165) is 23.3 Å². The first-order chi connectivity index (χ1) is 9.32. The van der Waals surface area contributed by atoms with Crippen molar-refractivity contribution in [3.05, 3.63) is 69.0 Å². The molecule has 106 valence electrons.